The summed E-state index contributed by atoms with van der Waals surface area (Å²) >= 11 is 0. The highest BCUT2D eigenvalue weighted by Crippen LogP contribution is 2.17. The van der Waals surface area contributed by atoms with E-state index in [0.717, 1.165) is 0 Å². The van der Waals surface area contributed by atoms with Gasteiger partial charge in [0.05, 0.1) is 6.54 Å². The minimum absolute atomic E-state index is 0.157. The maximum absolute atomic E-state index is 12.2. The average Bonchev–Trinajstić information content (AvgIpc) is 2.16. The Morgan fingerprint density at radius 2 is 1.94 bits per heavy atom. The summed E-state index contributed by atoms with van der Waals surface area (Å²) in [6, 6.07) is 8.21. The van der Waals surface area contributed by atoms with E-state index in [9.17, 15) is 8.78 Å². The maximum atomic E-state index is 12.2. The van der Waals surface area contributed by atoms with Crippen molar-refractivity contribution in [2.75, 3.05) is 20.1 Å². The van der Waals surface area contributed by atoms with Crippen LogP contribution in [0.1, 0.15) is 24.0 Å². The van der Waals surface area contributed by atoms with Crippen molar-refractivity contribution in [3.63, 3.8) is 0 Å². The SMILES string of the molecule is Cc1cccc(C(C)CN(C)CC(F)F)c1. The molecule has 0 N–H and O–H groups in total. The van der Waals surface area contributed by atoms with E-state index in [0.29, 0.717) is 6.54 Å². The first kappa shape index (κ1) is 13.1. The Labute approximate surface area is 96.1 Å². The third kappa shape index (κ3) is 4.27. The molecule has 0 amide bonds. The minimum Gasteiger partial charge on any atom is -0.300 e. The van der Waals surface area contributed by atoms with Crippen LogP contribution in [0.2, 0.25) is 0 Å². The first-order chi connectivity index (χ1) is 7.49. The molecule has 0 fully saturated rings. The van der Waals surface area contributed by atoms with Crippen LogP contribution in [0.3, 0.4) is 0 Å². The number of alkyl halides is 2. The molecule has 0 saturated heterocycles. The van der Waals surface area contributed by atoms with E-state index >= 15 is 0 Å². The van der Waals surface area contributed by atoms with Crippen LogP contribution in [-0.4, -0.2) is 31.5 Å². The molecule has 16 heavy (non-hydrogen) atoms. The van der Waals surface area contributed by atoms with E-state index < -0.39 is 6.43 Å². The highest BCUT2D eigenvalue weighted by molar-refractivity contribution is 5.25. The van der Waals surface area contributed by atoms with Crippen molar-refractivity contribution in [2.45, 2.75) is 26.2 Å². The molecule has 0 bridgehead atoms. The van der Waals surface area contributed by atoms with Gasteiger partial charge in [0.2, 0.25) is 0 Å². The monoisotopic (exact) mass is 227 g/mol. The predicted molar refractivity (Wildman–Crippen MR) is 63.1 cm³/mol. The van der Waals surface area contributed by atoms with E-state index in [2.05, 4.69) is 13.0 Å². The van der Waals surface area contributed by atoms with Gasteiger partial charge in [0, 0.05) is 6.54 Å². The molecular formula is C13H19F2N. The maximum Gasteiger partial charge on any atom is 0.251 e. The number of hydrogen-bond donors (Lipinski definition) is 0. The van der Waals surface area contributed by atoms with Gasteiger partial charge in [-0.05, 0) is 25.5 Å². The van der Waals surface area contributed by atoms with Crippen LogP contribution < -0.4 is 0 Å². The minimum atomic E-state index is -2.25. The second-order valence-corrected chi connectivity index (χ2v) is 4.43. The van der Waals surface area contributed by atoms with Crippen LogP contribution in [-0.2, 0) is 0 Å². The molecule has 0 saturated carbocycles. The topological polar surface area (TPSA) is 3.24 Å². The van der Waals surface area contributed by atoms with Crippen LogP contribution in [0.4, 0.5) is 8.78 Å². The van der Waals surface area contributed by atoms with Crippen molar-refractivity contribution in [3.05, 3.63) is 35.4 Å². The van der Waals surface area contributed by atoms with Crippen molar-refractivity contribution in [1.82, 2.24) is 4.90 Å². The molecule has 1 nitrogen and oxygen atoms in total. The lowest BCUT2D eigenvalue weighted by Gasteiger charge is -2.21. The van der Waals surface area contributed by atoms with E-state index in [-0.39, 0.29) is 12.5 Å². The van der Waals surface area contributed by atoms with Crippen molar-refractivity contribution < 1.29 is 8.78 Å². The van der Waals surface area contributed by atoms with Gasteiger partial charge in [0.15, 0.2) is 0 Å². The van der Waals surface area contributed by atoms with Crippen LogP contribution in [0, 0.1) is 6.92 Å². The van der Waals surface area contributed by atoms with Crippen LogP contribution >= 0.6 is 0 Å². The summed E-state index contributed by atoms with van der Waals surface area (Å²) in [5.74, 6) is 0.281. The molecule has 0 radical (unpaired) electrons. The molecule has 1 aromatic rings. The van der Waals surface area contributed by atoms with Gasteiger partial charge in [-0.25, -0.2) is 8.78 Å². The highest BCUT2D eigenvalue weighted by Gasteiger charge is 2.12. The summed E-state index contributed by atoms with van der Waals surface area (Å²) in [7, 11) is 1.73. The Kier molecular flexibility index (Phi) is 4.87. The van der Waals surface area contributed by atoms with E-state index in [1.54, 1.807) is 11.9 Å². The summed E-state index contributed by atoms with van der Waals surface area (Å²) in [5, 5.41) is 0. The van der Waals surface area contributed by atoms with Crippen molar-refractivity contribution in [3.8, 4) is 0 Å². The molecule has 1 rings (SSSR count). The van der Waals surface area contributed by atoms with Crippen LogP contribution in [0.5, 0.6) is 0 Å². The zero-order chi connectivity index (χ0) is 12.1. The van der Waals surface area contributed by atoms with Crippen LogP contribution in [0.15, 0.2) is 24.3 Å². The fourth-order valence-corrected chi connectivity index (χ4v) is 1.86. The zero-order valence-corrected chi connectivity index (χ0v) is 10.1. The second-order valence-electron chi connectivity index (χ2n) is 4.43. The van der Waals surface area contributed by atoms with E-state index in [1.807, 2.05) is 25.1 Å². The lowest BCUT2D eigenvalue weighted by Crippen LogP contribution is -2.28. The average molecular weight is 227 g/mol. The van der Waals surface area contributed by atoms with E-state index in [1.165, 1.54) is 11.1 Å². The van der Waals surface area contributed by atoms with Gasteiger partial charge in [0.1, 0.15) is 0 Å². The van der Waals surface area contributed by atoms with Crippen molar-refractivity contribution in [1.29, 1.82) is 0 Å². The first-order valence-corrected chi connectivity index (χ1v) is 5.52. The fourth-order valence-electron chi connectivity index (χ4n) is 1.86. The summed E-state index contributed by atoms with van der Waals surface area (Å²) in [6.07, 6.45) is -2.25. The molecule has 0 aliphatic carbocycles. The first-order valence-electron chi connectivity index (χ1n) is 5.52. The fraction of sp³-hybridized carbons (Fsp3) is 0.538. The Bertz CT molecular complexity index is 325. The summed E-state index contributed by atoms with van der Waals surface area (Å²) in [4.78, 5) is 1.68. The lowest BCUT2D eigenvalue weighted by molar-refractivity contribution is 0.0983. The Hall–Kier alpha value is -0.960. The molecule has 0 aliphatic heterocycles. The van der Waals surface area contributed by atoms with Gasteiger partial charge in [-0.1, -0.05) is 36.8 Å². The van der Waals surface area contributed by atoms with Gasteiger partial charge in [-0.15, -0.1) is 0 Å². The molecule has 90 valence electrons. The molecular weight excluding hydrogens is 208 g/mol. The van der Waals surface area contributed by atoms with Gasteiger partial charge in [0.25, 0.3) is 6.43 Å². The van der Waals surface area contributed by atoms with Gasteiger partial charge in [-0.3, -0.25) is 0 Å². The van der Waals surface area contributed by atoms with Gasteiger partial charge in [-0.2, -0.15) is 0 Å². The number of halogens is 2. The standard InChI is InChI=1S/C13H19F2N/c1-10-5-4-6-12(7-10)11(2)8-16(3)9-13(14)15/h4-7,11,13H,8-9H2,1-3H3. The van der Waals surface area contributed by atoms with Gasteiger partial charge < -0.3 is 4.90 Å². The van der Waals surface area contributed by atoms with E-state index in [4.69, 9.17) is 0 Å². The quantitative estimate of drug-likeness (QED) is 0.746. The molecule has 0 heterocycles. The molecule has 0 aliphatic rings. The largest absolute Gasteiger partial charge is 0.300 e. The third-order valence-electron chi connectivity index (χ3n) is 2.65. The number of nitrogens with zero attached hydrogens (tertiary/aromatic N) is 1. The number of hydrogen-bond acceptors (Lipinski definition) is 1. The number of rotatable bonds is 5. The predicted octanol–water partition coefficient (Wildman–Crippen LogP) is 3.30. The number of benzene rings is 1. The smallest absolute Gasteiger partial charge is 0.251 e. The summed E-state index contributed by atoms with van der Waals surface area (Å²) < 4.78 is 24.3. The molecule has 1 unspecified atom stereocenters. The Morgan fingerprint density at radius 1 is 1.25 bits per heavy atom. The molecule has 0 spiro atoms. The number of likely N-dealkylation sites (N-methyl/N-ethyl adjacent to an activating group) is 1. The third-order valence-corrected chi connectivity index (χ3v) is 2.65. The second kappa shape index (κ2) is 5.94. The molecule has 1 aromatic carbocycles. The molecule has 1 atom stereocenters. The van der Waals surface area contributed by atoms with Crippen LogP contribution in [0.25, 0.3) is 0 Å². The number of aryl methyl sites for hydroxylation is 1. The summed E-state index contributed by atoms with van der Waals surface area (Å²) in [5.41, 5.74) is 2.42. The molecule has 0 aromatic heterocycles. The normalized spacial score (nSPS) is 13.4. The Morgan fingerprint density at radius 3 is 2.50 bits per heavy atom. The Balaban J connectivity index is 2.55. The van der Waals surface area contributed by atoms with Crippen molar-refractivity contribution >= 4 is 0 Å². The summed E-state index contributed by atoms with van der Waals surface area (Å²) in [6.45, 7) is 4.61. The highest BCUT2D eigenvalue weighted by atomic mass is 19.3. The molecule has 3 heteroatoms. The van der Waals surface area contributed by atoms with Crippen molar-refractivity contribution in [2.24, 2.45) is 0 Å². The van der Waals surface area contributed by atoms with Gasteiger partial charge >= 0.3 is 0 Å². The lowest BCUT2D eigenvalue weighted by atomic mass is 9.99. The zero-order valence-electron chi connectivity index (χ0n) is 10.1.